The predicted octanol–water partition coefficient (Wildman–Crippen LogP) is 4.34. The second kappa shape index (κ2) is 6.53. The summed E-state index contributed by atoms with van der Waals surface area (Å²) in [5.41, 5.74) is 2.81. The Morgan fingerprint density at radius 2 is 1.78 bits per heavy atom. The van der Waals surface area contributed by atoms with Crippen molar-refractivity contribution in [3.63, 3.8) is 0 Å². The van der Waals surface area contributed by atoms with Crippen molar-refractivity contribution in [3.8, 4) is 5.75 Å². The molecule has 1 N–H and O–H groups in total. The lowest BCUT2D eigenvalue weighted by Crippen LogP contribution is -2.15. The van der Waals surface area contributed by atoms with E-state index in [1.54, 1.807) is 7.11 Å². The molecule has 3 heteroatoms. The van der Waals surface area contributed by atoms with Gasteiger partial charge in [0.15, 0.2) is 0 Å². The van der Waals surface area contributed by atoms with E-state index in [1.165, 1.54) is 5.39 Å². The Kier molecular flexibility index (Phi) is 4.29. The van der Waals surface area contributed by atoms with Crippen LogP contribution in [-0.2, 0) is 11.2 Å². The summed E-state index contributed by atoms with van der Waals surface area (Å²) in [6.07, 6.45) is 0.357. The van der Waals surface area contributed by atoms with Gasteiger partial charge in [-0.05, 0) is 47.0 Å². The van der Waals surface area contributed by atoms with Gasteiger partial charge in [-0.2, -0.15) is 0 Å². The van der Waals surface area contributed by atoms with Gasteiger partial charge in [0.05, 0.1) is 13.5 Å². The maximum Gasteiger partial charge on any atom is 0.228 e. The number of carbonyl (C=O) groups is 1. The molecular formula is C20H19NO2. The van der Waals surface area contributed by atoms with Crippen LogP contribution in [0.25, 0.3) is 10.8 Å². The highest BCUT2D eigenvalue weighted by Crippen LogP contribution is 2.21. The van der Waals surface area contributed by atoms with Crippen molar-refractivity contribution in [1.29, 1.82) is 0 Å². The molecule has 0 heterocycles. The lowest BCUT2D eigenvalue weighted by Gasteiger charge is -2.10. The summed E-state index contributed by atoms with van der Waals surface area (Å²) in [5.74, 6) is 0.767. The minimum absolute atomic E-state index is 0.0199. The van der Waals surface area contributed by atoms with Crippen LogP contribution >= 0.6 is 0 Å². The molecule has 0 atom stereocenters. The fourth-order valence-corrected chi connectivity index (χ4v) is 2.63. The normalized spacial score (nSPS) is 10.5. The zero-order valence-electron chi connectivity index (χ0n) is 13.3. The first kappa shape index (κ1) is 15.1. The van der Waals surface area contributed by atoms with Crippen molar-refractivity contribution in [2.75, 3.05) is 12.4 Å². The number of benzene rings is 3. The third-order valence-electron chi connectivity index (χ3n) is 3.89. The van der Waals surface area contributed by atoms with E-state index in [2.05, 4.69) is 29.6 Å². The van der Waals surface area contributed by atoms with Crippen LogP contribution in [0.1, 0.15) is 11.1 Å². The van der Waals surface area contributed by atoms with Crippen molar-refractivity contribution in [2.24, 2.45) is 0 Å². The van der Waals surface area contributed by atoms with Gasteiger partial charge in [-0.3, -0.25) is 4.79 Å². The Morgan fingerprint density at radius 3 is 2.52 bits per heavy atom. The van der Waals surface area contributed by atoms with E-state index in [9.17, 15) is 4.79 Å². The molecule has 0 aromatic heterocycles. The number of hydrogen-bond donors (Lipinski definition) is 1. The first-order valence-corrected chi connectivity index (χ1v) is 7.58. The van der Waals surface area contributed by atoms with Crippen LogP contribution in [0.5, 0.6) is 5.75 Å². The topological polar surface area (TPSA) is 38.3 Å². The fraction of sp³-hybridized carbons (Fsp3) is 0.150. The number of rotatable bonds is 4. The highest BCUT2D eigenvalue weighted by Gasteiger charge is 2.07. The molecule has 0 saturated heterocycles. The minimum atomic E-state index is -0.0199. The molecule has 0 spiro atoms. The van der Waals surface area contributed by atoms with Crippen molar-refractivity contribution < 1.29 is 9.53 Å². The second-order valence-electron chi connectivity index (χ2n) is 5.59. The molecule has 0 unspecified atom stereocenters. The van der Waals surface area contributed by atoms with E-state index >= 15 is 0 Å². The van der Waals surface area contributed by atoms with E-state index in [1.807, 2.05) is 43.3 Å². The summed E-state index contributed by atoms with van der Waals surface area (Å²) in [5, 5.41) is 5.30. The van der Waals surface area contributed by atoms with Gasteiger partial charge in [-0.25, -0.2) is 0 Å². The van der Waals surface area contributed by atoms with Gasteiger partial charge in [-0.1, -0.05) is 42.5 Å². The van der Waals surface area contributed by atoms with Crippen LogP contribution in [0.15, 0.2) is 60.7 Å². The molecule has 116 valence electrons. The third kappa shape index (κ3) is 3.51. The number of nitrogens with one attached hydrogen (secondary N) is 1. The predicted molar refractivity (Wildman–Crippen MR) is 94.0 cm³/mol. The number of ether oxygens (including phenoxy) is 1. The molecule has 0 fully saturated rings. The molecule has 0 radical (unpaired) electrons. The molecule has 23 heavy (non-hydrogen) atoms. The molecule has 3 nitrogen and oxygen atoms in total. The van der Waals surface area contributed by atoms with Gasteiger partial charge in [0.1, 0.15) is 5.75 Å². The van der Waals surface area contributed by atoms with Gasteiger partial charge in [-0.15, -0.1) is 0 Å². The van der Waals surface area contributed by atoms with Gasteiger partial charge >= 0.3 is 0 Å². The van der Waals surface area contributed by atoms with Crippen LogP contribution in [0.4, 0.5) is 5.69 Å². The number of hydrogen-bond acceptors (Lipinski definition) is 2. The molecule has 3 rings (SSSR count). The summed E-state index contributed by atoms with van der Waals surface area (Å²) >= 11 is 0. The monoisotopic (exact) mass is 305 g/mol. The summed E-state index contributed by atoms with van der Waals surface area (Å²) in [4.78, 5) is 12.3. The standard InChI is InChI=1S/C20H19NO2/c1-14-11-18(23-2)9-10-19(14)21-20(22)13-15-7-8-16-5-3-4-6-17(16)12-15/h3-12H,13H2,1-2H3,(H,21,22). The minimum Gasteiger partial charge on any atom is -0.497 e. The van der Waals surface area contributed by atoms with Crippen LogP contribution in [0, 0.1) is 6.92 Å². The average molecular weight is 305 g/mol. The number of amides is 1. The summed E-state index contributed by atoms with van der Waals surface area (Å²) in [6, 6.07) is 19.9. The van der Waals surface area contributed by atoms with Gasteiger partial charge in [0, 0.05) is 5.69 Å². The lowest BCUT2D eigenvalue weighted by atomic mass is 10.0. The largest absolute Gasteiger partial charge is 0.497 e. The van der Waals surface area contributed by atoms with E-state index in [0.717, 1.165) is 28.0 Å². The number of aryl methyl sites for hydroxylation is 1. The van der Waals surface area contributed by atoms with Crippen molar-refractivity contribution in [2.45, 2.75) is 13.3 Å². The molecular weight excluding hydrogens is 286 g/mol. The smallest absolute Gasteiger partial charge is 0.228 e. The highest BCUT2D eigenvalue weighted by molar-refractivity contribution is 5.94. The Bertz CT molecular complexity index is 855. The number of anilines is 1. The van der Waals surface area contributed by atoms with Crippen molar-refractivity contribution in [1.82, 2.24) is 0 Å². The second-order valence-corrected chi connectivity index (χ2v) is 5.59. The average Bonchev–Trinajstić information content (AvgIpc) is 2.56. The number of fused-ring (bicyclic) bond motifs is 1. The Balaban J connectivity index is 1.73. The van der Waals surface area contributed by atoms with Crippen LogP contribution in [0.3, 0.4) is 0 Å². The van der Waals surface area contributed by atoms with Gasteiger partial charge in [0.2, 0.25) is 5.91 Å². The first-order valence-electron chi connectivity index (χ1n) is 7.58. The Hall–Kier alpha value is -2.81. The Labute approximate surface area is 135 Å². The lowest BCUT2D eigenvalue weighted by molar-refractivity contribution is -0.115. The fourth-order valence-electron chi connectivity index (χ4n) is 2.63. The molecule has 0 aliphatic rings. The quantitative estimate of drug-likeness (QED) is 0.778. The first-order chi connectivity index (χ1) is 11.2. The molecule has 3 aromatic rings. The molecule has 3 aromatic carbocycles. The van der Waals surface area contributed by atoms with Crippen molar-refractivity contribution >= 4 is 22.4 Å². The molecule has 0 aliphatic heterocycles. The summed E-state index contributed by atoms with van der Waals surface area (Å²) in [7, 11) is 1.63. The highest BCUT2D eigenvalue weighted by atomic mass is 16.5. The molecule has 0 saturated carbocycles. The maximum atomic E-state index is 12.3. The van der Waals surface area contributed by atoms with E-state index in [0.29, 0.717) is 6.42 Å². The van der Waals surface area contributed by atoms with Gasteiger partial charge in [0.25, 0.3) is 0 Å². The van der Waals surface area contributed by atoms with Gasteiger partial charge < -0.3 is 10.1 Å². The SMILES string of the molecule is COc1ccc(NC(=O)Cc2ccc3ccccc3c2)c(C)c1. The number of carbonyl (C=O) groups excluding carboxylic acids is 1. The van der Waals surface area contributed by atoms with E-state index in [4.69, 9.17) is 4.74 Å². The molecule has 0 bridgehead atoms. The summed E-state index contributed by atoms with van der Waals surface area (Å²) < 4.78 is 5.18. The van der Waals surface area contributed by atoms with Crippen LogP contribution in [-0.4, -0.2) is 13.0 Å². The summed E-state index contributed by atoms with van der Waals surface area (Å²) in [6.45, 7) is 1.95. The maximum absolute atomic E-state index is 12.3. The third-order valence-corrected chi connectivity index (χ3v) is 3.89. The van der Waals surface area contributed by atoms with Crippen molar-refractivity contribution in [3.05, 3.63) is 71.8 Å². The molecule has 1 amide bonds. The van der Waals surface area contributed by atoms with E-state index < -0.39 is 0 Å². The number of methoxy groups -OCH3 is 1. The molecule has 0 aliphatic carbocycles. The van der Waals surface area contributed by atoms with E-state index in [-0.39, 0.29) is 5.91 Å². The van der Waals surface area contributed by atoms with Crippen LogP contribution in [0.2, 0.25) is 0 Å². The zero-order valence-corrected chi connectivity index (χ0v) is 13.3. The Morgan fingerprint density at radius 1 is 1.00 bits per heavy atom. The van der Waals surface area contributed by atoms with Crippen LogP contribution < -0.4 is 10.1 Å². The zero-order chi connectivity index (χ0) is 16.2.